The highest BCUT2D eigenvalue weighted by Crippen LogP contribution is 1.96. The molecule has 9 heavy (non-hydrogen) atoms. The summed E-state index contributed by atoms with van der Waals surface area (Å²) in [6, 6.07) is 0. The molecule has 4 nitrogen and oxygen atoms in total. The van der Waals surface area contributed by atoms with Crippen LogP contribution in [0.2, 0.25) is 0 Å². The maximum absolute atomic E-state index is 10.0. The number of aliphatic hydroxyl groups excluding tert-OH is 2. The van der Waals surface area contributed by atoms with E-state index in [1.54, 1.807) is 0 Å². The number of hydrogen-bond donors (Lipinski definition) is 2. The molecule has 0 bridgehead atoms. The molecule has 56 valence electrons. The third kappa shape index (κ3) is 3.58. The zero-order chi connectivity index (χ0) is 7.28. The Hall–Kier alpha value is 0.0300. The molecule has 0 aromatic carbocycles. The average Bonchev–Trinajstić information content (AvgIpc) is 1.82. The van der Waals surface area contributed by atoms with Gasteiger partial charge < -0.3 is 14.8 Å². The van der Waals surface area contributed by atoms with E-state index in [1.165, 1.54) is 0 Å². The lowest BCUT2D eigenvalue weighted by molar-refractivity contribution is 0.242. The Morgan fingerprint density at radius 3 is 2.22 bits per heavy atom. The van der Waals surface area contributed by atoms with Gasteiger partial charge in [0.1, 0.15) is 0 Å². The van der Waals surface area contributed by atoms with E-state index in [1.807, 2.05) is 0 Å². The van der Waals surface area contributed by atoms with Gasteiger partial charge in [0.25, 0.3) is 0 Å². The topological polar surface area (TPSA) is 80.6 Å². The summed E-state index contributed by atoms with van der Waals surface area (Å²) in [5.41, 5.74) is 0. The summed E-state index contributed by atoms with van der Waals surface area (Å²) in [5, 5.41) is 15.7. The minimum Gasteiger partial charge on any atom is -0.772 e. The molecular weight excluding hydrogens is 144 g/mol. The molecule has 0 amide bonds. The summed E-state index contributed by atoms with van der Waals surface area (Å²) in [5.74, 6) is 0. The highest BCUT2D eigenvalue weighted by molar-refractivity contribution is 7.79. The molecule has 0 aliphatic heterocycles. The Kier molecular flexibility index (Phi) is 4.88. The SMILES string of the molecule is O=S([O-])C(CO)CCO. The van der Waals surface area contributed by atoms with E-state index in [-0.39, 0.29) is 13.0 Å². The summed E-state index contributed by atoms with van der Waals surface area (Å²) in [4.78, 5) is 0. The van der Waals surface area contributed by atoms with Crippen LogP contribution in [0.4, 0.5) is 0 Å². The molecule has 0 fully saturated rings. The molecule has 0 saturated carbocycles. The standard InChI is InChI=1S/C4H10O4S/c5-2-1-4(3-6)9(7)8/h4-6H,1-3H2,(H,7,8)/p-1. The van der Waals surface area contributed by atoms with Gasteiger partial charge in [0.15, 0.2) is 0 Å². The van der Waals surface area contributed by atoms with E-state index >= 15 is 0 Å². The largest absolute Gasteiger partial charge is 0.772 e. The monoisotopic (exact) mass is 153 g/mol. The zero-order valence-electron chi connectivity index (χ0n) is 4.82. The molecule has 0 saturated heterocycles. The van der Waals surface area contributed by atoms with Crippen molar-refractivity contribution in [2.45, 2.75) is 11.7 Å². The third-order valence-electron chi connectivity index (χ3n) is 0.927. The van der Waals surface area contributed by atoms with Crippen molar-refractivity contribution in [3.8, 4) is 0 Å². The van der Waals surface area contributed by atoms with Gasteiger partial charge in [0.05, 0.1) is 6.61 Å². The van der Waals surface area contributed by atoms with Crippen molar-refractivity contribution < 1.29 is 19.0 Å². The molecular formula is C4H9O4S-. The smallest absolute Gasteiger partial charge is 0.0564 e. The summed E-state index contributed by atoms with van der Waals surface area (Å²) in [6.45, 7) is -0.629. The maximum atomic E-state index is 10.0. The van der Waals surface area contributed by atoms with Gasteiger partial charge >= 0.3 is 0 Å². The van der Waals surface area contributed by atoms with Crippen LogP contribution in [0.25, 0.3) is 0 Å². The maximum Gasteiger partial charge on any atom is 0.0564 e. The van der Waals surface area contributed by atoms with Crippen LogP contribution in [-0.2, 0) is 11.1 Å². The van der Waals surface area contributed by atoms with Crippen molar-refractivity contribution in [3.05, 3.63) is 0 Å². The van der Waals surface area contributed by atoms with E-state index in [4.69, 9.17) is 10.2 Å². The molecule has 0 aromatic rings. The van der Waals surface area contributed by atoms with Crippen LogP contribution in [0.15, 0.2) is 0 Å². The Bertz CT molecular complexity index is 94.6. The Morgan fingerprint density at radius 2 is 2.11 bits per heavy atom. The first kappa shape index (κ1) is 9.03. The number of aliphatic hydroxyl groups is 2. The van der Waals surface area contributed by atoms with E-state index in [0.29, 0.717) is 0 Å². The molecule has 0 aromatic heterocycles. The van der Waals surface area contributed by atoms with Crippen molar-refractivity contribution in [1.82, 2.24) is 0 Å². The highest BCUT2D eigenvalue weighted by Gasteiger charge is 2.05. The predicted octanol–water partition coefficient (Wildman–Crippen LogP) is -1.39. The Balaban J connectivity index is 3.54. The van der Waals surface area contributed by atoms with Crippen LogP contribution in [-0.4, -0.2) is 37.4 Å². The number of hydrogen-bond acceptors (Lipinski definition) is 4. The predicted molar refractivity (Wildman–Crippen MR) is 31.5 cm³/mol. The van der Waals surface area contributed by atoms with Crippen LogP contribution >= 0.6 is 0 Å². The fourth-order valence-corrected chi connectivity index (χ4v) is 0.812. The van der Waals surface area contributed by atoms with Crippen molar-refractivity contribution in [1.29, 1.82) is 0 Å². The Labute approximate surface area is 55.8 Å². The van der Waals surface area contributed by atoms with Crippen molar-refractivity contribution in [2.75, 3.05) is 13.2 Å². The number of rotatable bonds is 4. The normalized spacial score (nSPS) is 17.2. The highest BCUT2D eigenvalue weighted by atomic mass is 32.2. The second kappa shape index (κ2) is 4.87. The van der Waals surface area contributed by atoms with E-state index < -0.39 is 22.9 Å². The van der Waals surface area contributed by atoms with Gasteiger partial charge in [-0.05, 0) is 17.5 Å². The molecule has 2 unspecified atom stereocenters. The molecule has 0 heterocycles. The second-order valence-corrected chi connectivity index (χ2v) is 2.77. The first-order chi connectivity index (χ1) is 4.22. The molecule has 0 aliphatic rings. The molecule has 2 atom stereocenters. The minimum absolute atomic E-state index is 0.104. The summed E-state index contributed by atoms with van der Waals surface area (Å²) in [6.07, 6.45) is 0.104. The van der Waals surface area contributed by atoms with Crippen molar-refractivity contribution >= 4 is 11.1 Å². The van der Waals surface area contributed by atoms with Crippen LogP contribution in [0.1, 0.15) is 6.42 Å². The van der Waals surface area contributed by atoms with E-state index in [0.717, 1.165) is 0 Å². The van der Waals surface area contributed by atoms with Crippen molar-refractivity contribution in [2.24, 2.45) is 0 Å². The molecule has 0 rings (SSSR count). The fourth-order valence-electron chi connectivity index (χ4n) is 0.392. The van der Waals surface area contributed by atoms with Gasteiger partial charge in [-0.25, -0.2) is 0 Å². The van der Waals surface area contributed by atoms with E-state index in [2.05, 4.69) is 0 Å². The lowest BCUT2D eigenvalue weighted by atomic mass is 10.3. The second-order valence-electron chi connectivity index (χ2n) is 1.58. The minimum atomic E-state index is -2.26. The lowest BCUT2D eigenvalue weighted by Gasteiger charge is -2.14. The summed E-state index contributed by atoms with van der Waals surface area (Å²) >= 11 is -2.26. The van der Waals surface area contributed by atoms with Crippen molar-refractivity contribution in [3.63, 3.8) is 0 Å². The molecule has 0 radical (unpaired) electrons. The zero-order valence-corrected chi connectivity index (χ0v) is 5.63. The fraction of sp³-hybridized carbons (Fsp3) is 1.00. The molecule has 0 aliphatic carbocycles. The first-order valence-electron chi connectivity index (χ1n) is 2.52. The van der Waals surface area contributed by atoms with Crippen LogP contribution in [0, 0.1) is 0 Å². The molecule has 0 spiro atoms. The van der Waals surface area contributed by atoms with Gasteiger partial charge in [-0.1, -0.05) is 0 Å². The Morgan fingerprint density at radius 1 is 1.56 bits per heavy atom. The summed E-state index contributed by atoms with van der Waals surface area (Å²) < 4.78 is 20.1. The summed E-state index contributed by atoms with van der Waals surface area (Å²) in [7, 11) is 0. The van der Waals surface area contributed by atoms with Crippen LogP contribution in [0.5, 0.6) is 0 Å². The van der Waals surface area contributed by atoms with Gasteiger partial charge in [-0.3, -0.25) is 4.21 Å². The van der Waals surface area contributed by atoms with Crippen LogP contribution in [0.3, 0.4) is 0 Å². The average molecular weight is 153 g/mol. The quantitative estimate of drug-likeness (QED) is 0.487. The molecule has 5 heteroatoms. The van der Waals surface area contributed by atoms with Gasteiger partial charge in [0.2, 0.25) is 0 Å². The van der Waals surface area contributed by atoms with Gasteiger partial charge in [-0.15, -0.1) is 0 Å². The first-order valence-corrected chi connectivity index (χ1v) is 3.66. The van der Waals surface area contributed by atoms with Crippen LogP contribution < -0.4 is 0 Å². The molecule has 2 N–H and O–H groups in total. The van der Waals surface area contributed by atoms with E-state index in [9.17, 15) is 8.76 Å². The van der Waals surface area contributed by atoms with Gasteiger partial charge in [0, 0.05) is 11.9 Å². The van der Waals surface area contributed by atoms with Gasteiger partial charge in [-0.2, -0.15) is 0 Å². The lowest BCUT2D eigenvalue weighted by Crippen LogP contribution is -2.20. The third-order valence-corrected chi connectivity index (χ3v) is 1.86.